The lowest BCUT2D eigenvalue weighted by Gasteiger charge is -2.32. The summed E-state index contributed by atoms with van der Waals surface area (Å²) < 4.78 is 26.5. The summed E-state index contributed by atoms with van der Waals surface area (Å²) in [4.78, 5) is 0. The smallest absolute Gasteiger partial charge is 0.212 e. The van der Waals surface area contributed by atoms with E-state index in [1.807, 2.05) is 30.3 Å². The average Bonchev–Trinajstić information content (AvgIpc) is 2.39. The van der Waals surface area contributed by atoms with Crippen LogP contribution in [0.2, 0.25) is 0 Å². The van der Waals surface area contributed by atoms with E-state index in [0.717, 1.165) is 18.4 Å². The number of nitrogens with zero attached hydrogens (tertiary/aromatic N) is 1. The van der Waals surface area contributed by atoms with Gasteiger partial charge in [0, 0.05) is 13.1 Å². The number of hydrogen-bond donors (Lipinski definition) is 0. The van der Waals surface area contributed by atoms with Crippen molar-refractivity contribution in [3.05, 3.63) is 35.9 Å². The first-order valence-corrected chi connectivity index (χ1v) is 9.10. The van der Waals surface area contributed by atoms with Crippen molar-refractivity contribution in [3.8, 4) is 0 Å². The highest BCUT2D eigenvalue weighted by Gasteiger charge is 2.28. The Bertz CT molecular complexity index is 503. The van der Waals surface area contributed by atoms with Gasteiger partial charge in [-0.15, -0.1) is 0 Å². The Hall–Kier alpha value is -0.870. The average molecular weight is 295 g/mol. The molecular weight excluding hydrogens is 270 g/mol. The monoisotopic (exact) mass is 295 g/mol. The molecule has 4 heteroatoms. The van der Waals surface area contributed by atoms with Crippen molar-refractivity contribution in [2.45, 2.75) is 38.9 Å². The maximum absolute atomic E-state index is 12.4. The Morgan fingerprint density at radius 3 is 2.30 bits per heavy atom. The molecule has 112 valence electrons. The molecule has 0 radical (unpaired) electrons. The minimum Gasteiger partial charge on any atom is -0.212 e. The molecule has 0 atom stereocenters. The number of rotatable bonds is 5. The highest BCUT2D eigenvalue weighted by molar-refractivity contribution is 7.88. The Morgan fingerprint density at radius 1 is 1.15 bits per heavy atom. The number of benzene rings is 1. The molecule has 0 spiro atoms. The molecule has 20 heavy (non-hydrogen) atoms. The molecule has 1 aliphatic heterocycles. The summed E-state index contributed by atoms with van der Waals surface area (Å²) in [5.41, 5.74) is 0.872. The minimum absolute atomic E-state index is 0.128. The molecule has 0 N–H and O–H groups in total. The summed E-state index contributed by atoms with van der Waals surface area (Å²) in [5, 5.41) is 0. The summed E-state index contributed by atoms with van der Waals surface area (Å²) >= 11 is 0. The molecule has 0 aliphatic carbocycles. The van der Waals surface area contributed by atoms with Crippen LogP contribution >= 0.6 is 0 Å². The zero-order valence-corrected chi connectivity index (χ0v) is 13.3. The van der Waals surface area contributed by atoms with Crippen molar-refractivity contribution in [1.82, 2.24) is 4.31 Å². The fourth-order valence-electron chi connectivity index (χ4n) is 2.97. The highest BCUT2D eigenvalue weighted by atomic mass is 32.2. The van der Waals surface area contributed by atoms with Crippen LogP contribution < -0.4 is 0 Å². The van der Waals surface area contributed by atoms with E-state index in [0.29, 0.717) is 24.9 Å². The summed E-state index contributed by atoms with van der Waals surface area (Å²) in [6.07, 6.45) is 3.23. The van der Waals surface area contributed by atoms with Crippen LogP contribution in [0.1, 0.15) is 38.7 Å². The predicted molar refractivity (Wildman–Crippen MR) is 82.8 cm³/mol. The van der Waals surface area contributed by atoms with Crippen molar-refractivity contribution < 1.29 is 8.42 Å². The topological polar surface area (TPSA) is 37.4 Å². The first-order chi connectivity index (χ1) is 9.47. The third-order valence-electron chi connectivity index (χ3n) is 3.96. The predicted octanol–water partition coefficient (Wildman–Crippen LogP) is 3.27. The van der Waals surface area contributed by atoms with Gasteiger partial charge >= 0.3 is 0 Å². The maximum atomic E-state index is 12.4. The summed E-state index contributed by atoms with van der Waals surface area (Å²) in [5.74, 6) is 1.52. The van der Waals surface area contributed by atoms with Crippen molar-refractivity contribution in [3.63, 3.8) is 0 Å². The van der Waals surface area contributed by atoms with Crippen LogP contribution in [0.25, 0.3) is 0 Å². The van der Waals surface area contributed by atoms with E-state index >= 15 is 0 Å². The molecule has 1 aromatic rings. The van der Waals surface area contributed by atoms with E-state index in [-0.39, 0.29) is 5.75 Å². The van der Waals surface area contributed by atoms with Crippen molar-refractivity contribution >= 4 is 10.0 Å². The van der Waals surface area contributed by atoms with Crippen LogP contribution in [0.5, 0.6) is 0 Å². The van der Waals surface area contributed by atoms with Gasteiger partial charge in [0.2, 0.25) is 10.0 Å². The minimum atomic E-state index is -3.15. The molecule has 0 unspecified atom stereocenters. The second-order valence-electron chi connectivity index (χ2n) is 6.21. The van der Waals surface area contributed by atoms with Crippen molar-refractivity contribution in [2.24, 2.45) is 11.8 Å². The number of piperidine rings is 1. The van der Waals surface area contributed by atoms with Crippen LogP contribution in [0.3, 0.4) is 0 Å². The molecular formula is C16H25NO2S. The van der Waals surface area contributed by atoms with Gasteiger partial charge in [-0.05, 0) is 36.7 Å². The van der Waals surface area contributed by atoms with Gasteiger partial charge in [0.25, 0.3) is 0 Å². The van der Waals surface area contributed by atoms with Gasteiger partial charge in [-0.3, -0.25) is 0 Å². The summed E-state index contributed by atoms with van der Waals surface area (Å²) in [6.45, 7) is 5.84. The van der Waals surface area contributed by atoms with Crippen LogP contribution in [0.4, 0.5) is 0 Å². The van der Waals surface area contributed by atoms with E-state index in [9.17, 15) is 8.42 Å². The van der Waals surface area contributed by atoms with Crippen LogP contribution in [0, 0.1) is 11.8 Å². The largest absolute Gasteiger partial charge is 0.218 e. The van der Waals surface area contributed by atoms with Gasteiger partial charge in [0.05, 0.1) is 5.75 Å². The van der Waals surface area contributed by atoms with Gasteiger partial charge in [-0.25, -0.2) is 12.7 Å². The Balaban J connectivity index is 1.92. The molecule has 1 saturated heterocycles. The maximum Gasteiger partial charge on any atom is 0.218 e. The SMILES string of the molecule is CC(C)CC1CCN(S(=O)(=O)Cc2ccccc2)CC1. The lowest BCUT2D eigenvalue weighted by molar-refractivity contribution is 0.246. The second kappa shape index (κ2) is 6.72. The highest BCUT2D eigenvalue weighted by Crippen LogP contribution is 2.26. The van der Waals surface area contributed by atoms with Crippen LogP contribution in [-0.4, -0.2) is 25.8 Å². The lowest BCUT2D eigenvalue weighted by atomic mass is 9.89. The molecule has 1 heterocycles. The standard InChI is InChI=1S/C16H25NO2S/c1-14(2)12-15-8-10-17(11-9-15)20(18,19)13-16-6-4-3-5-7-16/h3-7,14-15H,8-13H2,1-2H3. The Labute approximate surface area is 123 Å². The van der Waals surface area contributed by atoms with E-state index < -0.39 is 10.0 Å². The van der Waals surface area contributed by atoms with E-state index in [1.54, 1.807) is 4.31 Å². The normalized spacial score (nSPS) is 18.6. The lowest BCUT2D eigenvalue weighted by Crippen LogP contribution is -2.39. The fraction of sp³-hybridized carbons (Fsp3) is 0.625. The van der Waals surface area contributed by atoms with Gasteiger partial charge in [0.15, 0.2) is 0 Å². The molecule has 0 saturated carbocycles. The van der Waals surface area contributed by atoms with Crippen molar-refractivity contribution in [2.75, 3.05) is 13.1 Å². The molecule has 0 bridgehead atoms. The van der Waals surface area contributed by atoms with Crippen LogP contribution in [-0.2, 0) is 15.8 Å². The first kappa shape index (κ1) is 15.5. The van der Waals surface area contributed by atoms with E-state index in [4.69, 9.17) is 0 Å². The molecule has 0 aromatic heterocycles. The molecule has 2 rings (SSSR count). The quantitative estimate of drug-likeness (QED) is 0.836. The molecule has 1 fully saturated rings. The molecule has 0 amide bonds. The Morgan fingerprint density at radius 2 is 1.75 bits per heavy atom. The Kier molecular flexibility index (Phi) is 5.22. The van der Waals surface area contributed by atoms with E-state index in [2.05, 4.69) is 13.8 Å². The van der Waals surface area contributed by atoms with Crippen molar-refractivity contribution in [1.29, 1.82) is 0 Å². The van der Waals surface area contributed by atoms with Gasteiger partial charge in [-0.2, -0.15) is 0 Å². The summed E-state index contributed by atoms with van der Waals surface area (Å²) in [7, 11) is -3.15. The van der Waals surface area contributed by atoms with Crippen LogP contribution in [0.15, 0.2) is 30.3 Å². The van der Waals surface area contributed by atoms with Gasteiger partial charge in [-0.1, -0.05) is 44.2 Å². The number of sulfonamides is 1. The van der Waals surface area contributed by atoms with E-state index in [1.165, 1.54) is 6.42 Å². The second-order valence-corrected chi connectivity index (χ2v) is 8.18. The third-order valence-corrected chi connectivity index (χ3v) is 5.81. The fourth-order valence-corrected chi connectivity index (χ4v) is 4.53. The summed E-state index contributed by atoms with van der Waals surface area (Å²) in [6, 6.07) is 9.44. The number of hydrogen-bond acceptors (Lipinski definition) is 2. The van der Waals surface area contributed by atoms with Gasteiger partial charge in [0.1, 0.15) is 0 Å². The first-order valence-electron chi connectivity index (χ1n) is 7.49. The zero-order chi connectivity index (χ0) is 14.6. The van der Waals surface area contributed by atoms with Gasteiger partial charge < -0.3 is 0 Å². The third kappa shape index (κ3) is 4.32. The molecule has 3 nitrogen and oxygen atoms in total. The molecule has 1 aromatic carbocycles. The zero-order valence-electron chi connectivity index (χ0n) is 12.5. The molecule has 1 aliphatic rings.